The van der Waals surface area contributed by atoms with E-state index in [0.717, 1.165) is 25.6 Å². The van der Waals surface area contributed by atoms with Gasteiger partial charge in [-0.2, -0.15) is 0 Å². The molecule has 1 saturated carbocycles. The molecule has 1 aromatic heterocycles. The molecule has 13 heavy (non-hydrogen) atoms. The number of hydrogen-bond acceptors (Lipinski definition) is 2. The highest BCUT2D eigenvalue weighted by Gasteiger charge is 2.27. The monoisotopic (exact) mass is 199 g/mol. The largest absolute Gasteiger partial charge is 0.332 e. The lowest BCUT2D eigenvalue weighted by molar-refractivity contribution is 0.505. The predicted octanol–water partition coefficient (Wildman–Crippen LogP) is 1.29. The molecule has 1 N–H and O–H groups in total. The van der Waals surface area contributed by atoms with Crippen LogP contribution in [0.3, 0.4) is 0 Å². The van der Waals surface area contributed by atoms with Gasteiger partial charge in [0, 0.05) is 25.2 Å². The minimum absolute atomic E-state index is 0. The molecule has 1 aliphatic heterocycles. The maximum absolute atomic E-state index is 4.61. The summed E-state index contributed by atoms with van der Waals surface area (Å²) < 4.78 is 2.30. The molecular formula is C9H14ClN3. The van der Waals surface area contributed by atoms with Crippen LogP contribution in [0, 0.1) is 0 Å². The van der Waals surface area contributed by atoms with Crippen molar-refractivity contribution in [3.05, 3.63) is 17.7 Å². The third kappa shape index (κ3) is 1.58. The Labute approximate surface area is 84.0 Å². The van der Waals surface area contributed by atoms with Gasteiger partial charge in [-0.15, -0.1) is 12.4 Å². The second-order valence-electron chi connectivity index (χ2n) is 3.73. The Bertz CT molecular complexity index is 280. The Morgan fingerprint density at radius 1 is 1.46 bits per heavy atom. The Hall–Kier alpha value is -0.540. The summed E-state index contributed by atoms with van der Waals surface area (Å²) in [6, 6.07) is 0. The van der Waals surface area contributed by atoms with Crippen LogP contribution in [0.5, 0.6) is 0 Å². The zero-order chi connectivity index (χ0) is 7.97. The molecule has 0 aromatic carbocycles. The first kappa shape index (κ1) is 9.03. The average Bonchev–Trinajstić information content (AvgIpc) is 2.85. The zero-order valence-electron chi connectivity index (χ0n) is 7.49. The van der Waals surface area contributed by atoms with Crippen molar-refractivity contribution in [3.8, 4) is 0 Å². The number of fused-ring (bicyclic) bond motifs is 1. The number of rotatable bonds is 1. The Morgan fingerprint density at radius 2 is 2.31 bits per heavy atom. The first-order valence-electron chi connectivity index (χ1n) is 4.70. The number of imidazole rings is 1. The van der Waals surface area contributed by atoms with Gasteiger partial charge in [-0.25, -0.2) is 4.98 Å². The third-order valence-electron chi connectivity index (χ3n) is 2.69. The van der Waals surface area contributed by atoms with E-state index in [0.29, 0.717) is 0 Å². The lowest BCUT2D eigenvalue weighted by atomic mass is 10.3. The van der Waals surface area contributed by atoms with Crippen LogP contribution in [0.4, 0.5) is 0 Å². The van der Waals surface area contributed by atoms with Gasteiger partial charge in [0.15, 0.2) is 0 Å². The molecule has 0 saturated heterocycles. The van der Waals surface area contributed by atoms with E-state index in [4.69, 9.17) is 0 Å². The van der Waals surface area contributed by atoms with Crippen LogP contribution in [0.2, 0.25) is 0 Å². The molecule has 0 unspecified atom stereocenters. The van der Waals surface area contributed by atoms with Crippen molar-refractivity contribution in [3.63, 3.8) is 0 Å². The molecule has 3 nitrogen and oxygen atoms in total. The second-order valence-corrected chi connectivity index (χ2v) is 3.73. The number of hydrogen-bond donors (Lipinski definition) is 1. The first-order chi connectivity index (χ1) is 5.93. The molecule has 0 spiro atoms. The quantitative estimate of drug-likeness (QED) is 0.739. The van der Waals surface area contributed by atoms with E-state index < -0.39 is 0 Å². The summed E-state index contributed by atoms with van der Waals surface area (Å²) >= 11 is 0. The zero-order valence-corrected chi connectivity index (χ0v) is 8.31. The fourth-order valence-corrected chi connectivity index (χ4v) is 1.79. The van der Waals surface area contributed by atoms with Crippen molar-refractivity contribution >= 4 is 12.4 Å². The third-order valence-corrected chi connectivity index (χ3v) is 2.69. The van der Waals surface area contributed by atoms with Crippen molar-refractivity contribution in [2.24, 2.45) is 0 Å². The van der Waals surface area contributed by atoms with Gasteiger partial charge in [0.25, 0.3) is 0 Å². The molecule has 1 fully saturated rings. The van der Waals surface area contributed by atoms with E-state index in [9.17, 15) is 0 Å². The van der Waals surface area contributed by atoms with Crippen molar-refractivity contribution in [1.82, 2.24) is 14.9 Å². The normalized spacial score (nSPS) is 20.6. The van der Waals surface area contributed by atoms with Gasteiger partial charge in [0.05, 0.1) is 12.2 Å². The Morgan fingerprint density at radius 3 is 3.00 bits per heavy atom. The van der Waals surface area contributed by atoms with E-state index in [-0.39, 0.29) is 12.4 Å². The summed E-state index contributed by atoms with van der Waals surface area (Å²) in [6.45, 7) is 3.13. The van der Waals surface area contributed by atoms with Gasteiger partial charge in [0.1, 0.15) is 5.82 Å². The SMILES string of the molecule is Cl.c1c(C2CC2)nc2n1CCNC2. The Balaban J connectivity index is 0.000000653. The topological polar surface area (TPSA) is 29.9 Å². The molecule has 3 rings (SSSR count). The van der Waals surface area contributed by atoms with E-state index in [1.54, 1.807) is 0 Å². The summed E-state index contributed by atoms with van der Waals surface area (Å²) in [7, 11) is 0. The highest BCUT2D eigenvalue weighted by atomic mass is 35.5. The summed E-state index contributed by atoms with van der Waals surface area (Å²) in [5.74, 6) is 2.02. The minimum atomic E-state index is 0. The molecule has 0 atom stereocenters. The van der Waals surface area contributed by atoms with Crippen molar-refractivity contribution in [2.45, 2.75) is 31.8 Å². The maximum Gasteiger partial charge on any atom is 0.123 e. The minimum Gasteiger partial charge on any atom is -0.332 e. The van der Waals surface area contributed by atoms with Crippen LogP contribution in [0.15, 0.2) is 6.20 Å². The molecule has 2 aliphatic rings. The van der Waals surface area contributed by atoms with Crippen LogP contribution in [-0.4, -0.2) is 16.1 Å². The molecular weight excluding hydrogens is 186 g/mol. The molecule has 0 radical (unpaired) electrons. The summed E-state index contributed by atoms with van der Waals surface area (Å²) in [6.07, 6.45) is 4.95. The fourth-order valence-electron chi connectivity index (χ4n) is 1.79. The number of halogens is 1. The van der Waals surface area contributed by atoms with Crippen LogP contribution >= 0.6 is 12.4 Å². The van der Waals surface area contributed by atoms with E-state index >= 15 is 0 Å². The summed E-state index contributed by atoms with van der Waals surface area (Å²) in [5.41, 5.74) is 1.33. The van der Waals surface area contributed by atoms with Crippen LogP contribution < -0.4 is 5.32 Å². The van der Waals surface area contributed by atoms with Gasteiger partial charge in [0.2, 0.25) is 0 Å². The number of aromatic nitrogens is 2. The molecule has 1 aliphatic carbocycles. The smallest absolute Gasteiger partial charge is 0.123 e. The van der Waals surface area contributed by atoms with Crippen molar-refractivity contribution < 1.29 is 0 Å². The fraction of sp³-hybridized carbons (Fsp3) is 0.667. The highest BCUT2D eigenvalue weighted by molar-refractivity contribution is 5.85. The summed E-state index contributed by atoms with van der Waals surface area (Å²) in [4.78, 5) is 4.61. The Kier molecular flexibility index (Phi) is 2.30. The van der Waals surface area contributed by atoms with Crippen molar-refractivity contribution in [1.29, 1.82) is 0 Å². The lowest BCUT2D eigenvalue weighted by Gasteiger charge is -2.13. The van der Waals surface area contributed by atoms with Crippen LogP contribution in [0.1, 0.15) is 30.3 Å². The molecule has 2 heterocycles. The van der Waals surface area contributed by atoms with Gasteiger partial charge in [-0.1, -0.05) is 0 Å². The predicted molar refractivity (Wildman–Crippen MR) is 53.2 cm³/mol. The molecule has 0 bridgehead atoms. The average molecular weight is 200 g/mol. The summed E-state index contributed by atoms with van der Waals surface area (Å²) in [5, 5.41) is 3.33. The van der Waals surface area contributed by atoms with Gasteiger partial charge >= 0.3 is 0 Å². The molecule has 72 valence electrons. The standard InChI is InChI=1S/C9H13N3.ClH/c1-2-7(1)8-6-12-4-3-10-5-9(12)11-8;/h6-7,10H,1-5H2;1H. The van der Waals surface area contributed by atoms with Crippen LogP contribution in [0.25, 0.3) is 0 Å². The lowest BCUT2D eigenvalue weighted by Crippen LogP contribution is -2.27. The van der Waals surface area contributed by atoms with Gasteiger partial charge < -0.3 is 9.88 Å². The number of nitrogens with zero attached hydrogens (tertiary/aromatic N) is 2. The van der Waals surface area contributed by atoms with Crippen molar-refractivity contribution in [2.75, 3.05) is 6.54 Å². The second kappa shape index (κ2) is 3.31. The van der Waals surface area contributed by atoms with Gasteiger partial charge in [-0.3, -0.25) is 0 Å². The molecule has 0 amide bonds. The van der Waals surface area contributed by atoms with E-state index in [2.05, 4.69) is 21.1 Å². The first-order valence-corrected chi connectivity index (χ1v) is 4.70. The van der Waals surface area contributed by atoms with Crippen LogP contribution in [-0.2, 0) is 13.1 Å². The maximum atomic E-state index is 4.61. The van der Waals surface area contributed by atoms with E-state index in [1.165, 1.54) is 24.4 Å². The molecule has 4 heteroatoms. The van der Waals surface area contributed by atoms with E-state index in [1.807, 2.05) is 0 Å². The number of nitrogens with one attached hydrogen (secondary N) is 1. The van der Waals surface area contributed by atoms with Gasteiger partial charge in [-0.05, 0) is 12.8 Å². The molecule has 1 aromatic rings. The highest BCUT2D eigenvalue weighted by Crippen LogP contribution is 2.39.